The van der Waals surface area contributed by atoms with Crippen LogP contribution in [0, 0.1) is 0 Å². The molecule has 0 unspecified atom stereocenters. The molecule has 3 nitrogen and oxygen atoms in total. The van der Waals surface area contributed by atoms with Crippen LogP contribution in [0.1, 0.15) is 22.3 Å². The van der Waals surface area contributed by atoms with Gasteiger partial charge in [-0.3, -0.25) is 9.98 Å². The summed E-state index contributed by atoms with van der Waals surface area (Å²) in [6.07, 6.45) is 4.71. The Morgan fingerprint density at radius 1 is 0.444 bits per heavy atom. The summed E-state index contributed by atoms with van der Waals surface area (Å²) in [5, 5.41) is 3.38. The first-order valence-electron chi connectivity index (χ1n) is 12.0. The maximum atomic E-state index is 4.62. The van der Waals surface area contributed by atoms with Crippen LogP contribution in [0.5, 0.6) is 0 Å². The van der Waals surface area contributed by atoms with Crippen molar-refractivity contribution >= 4 is 35.2 Å². The molecule has 0 aromatic heterocycles. The molecule has 0 aliphatic carbocycles. The lowest BCUT2D eigenvalue weighted by atomic mass is 10.1. The van der Waals surface area contributed by atoms with Gasteiger partial charge < -0.3 is 5.32 Å². The highest BCUT2D eigenvalue weighted by molar-refractivity contribution is 5.86. The molecule has 5 aromatic carbocycles. The van der Waals surface area contributed by atoms with Crippen molar-refractivity contribution in [3.63, 3.8) is 0 Å². The van der Waals surface area contributed by atoms with Crippen molar-refractivity contribution in [2.75, 3.05) is 5.32 Å². The predicted molar refractivity (Wildman–Crippen MR) is 153 cm³/mol. The van der Waals surface area contributed by atoms with E-state index in [0.717, 1.165) is 40.3 Å². The predicted octanol–water partition coefficient (Wildman–Crippen LogP) is 8.52. The SMILES string of the molecule is C(=Nc1ccc(Cc2ccccc2)cc1)c1ccc(C=Nc2ccc(Nc3ccccc3)cc2)cc1. The third-order valence-corrected chi connectivity index (χ3v) is 5.78. The van der Waals surface area contributed by atoms with Gasteiger partial charge in [0.05, 0.1) is 11.4 Å². The van der Waals surface area contributed by atoms with Crippen LogP contribution in [-0.4, -0.2) is 12.4 Å². The van der Waals surface area contributed by atoms with Gasteiger partial charge in [-0.1, -0.05) is 84.9 Å². The average Bonchev–Trinajstić information content (AvgIpc) is 2.94. The summed E-state index contributed by atoms with van der Waals surface area (Å²) in [5.41, 5.74) is 8.66. The van der Waals surface area contributed by atoms with E-state index in [1.165, 1.54) is 11.1 Å². The Morgan fingerprint density at radius 3 is 1.44 bits per heavy atom. The summed E-state index contributed by atoms with van der Waals surface area (Å²) in [5.74, 6) is 0. The monoisotopic (exact) mass is 465 g/mol. The van der Waals surface area contributed by atoms with Crippen LogP contribution in [0.15, 0.2) is 143 Å². The molecule has 0 bridgehead atoms. The molecule has 0 radical (unpaired) electrons. The smallest absolute Gasteiger partial charge is 0.0631 e. The van der Waals surface area contributed by atoms with Gasteiger partial charge in [0.1, 0.15) is 0 Å². The van der Waals surface area contributed by atoms with Gasteiger partial charge in [0, 0.05) is 23.8 Å². The molecule has 0 atom stereocenters. The largest absolute Gasteiger partial charge is 0.356 e. The molecule has 36 heavy (non-hydrogen) atoms. The van der Waals surface area contributed by atoms with Gasteiger partial charge >= 0.3 is 0 Å². The van der Waals surface area contributed by atoms with Crippen molar-refractivity contribution in [2.24, 2.45) is 9.98 Å². The first-order chi connectivity index (χ1) is 17.8. The van der Waals surface area contributed by atoms with Crippen LogP contribution in [0.4, 0.5) is 22.7 Å². The third kappa shape index (κ3) is 6.64. The number of nitrogens with zero attached hydrogens (tertiary/aromatic N) is 2. The van der Waals surface area contributed by atoms with Crippen LogP contribution in [0.2, 0.25) is 0 Å². The van der Waals surface area contributed by atoms with E-state index in [-0.39, 0.29) is 0 Å². The summed E-state index contributed by atoms with van der Waals surface area (Å²) in [4.78, 5) is 9.22. The maximum absolute atomic E-state index is 4.62. The average molecular weight is 466 g/mol. The normalized spacial score (nSPS) is 11.2. The van der Waals surface area contributed by atoms with E-state index in [2.05, 4.69) is 88.1 Å². The Balaban J connectivity index is 1.15. The molecular formula is C33H27N3. The molecule has 3 heteroatoms. The van der Waals surface area contributed by atoms with Gasteiger partial charge in [0.25, 0.3) is 0 Å². The van der Waals surface area contributed by atoms with Gasteiger partial charge in [0.15, 0.2) is 0 Å². The van der Waals surface area contributed by atoms with Crippen LogP contribution < -0.4 is 5.32 Å². The van der Waals surface area contributed by atoms with Crippen molar-refractivity contribution in [3.8, 4) is 0 Å². The molecule has 0 saturated carbocycles. The summed E-state index contributed by atoms with van der Waals surface area (Å²) >= 11 is 0. The van der Waals surface area contributed by atoms with E-state index in [4.69, 9.17) is 0 Å². The molecule has 5 aromatic rings. The third-order valence-electron chi connectivity index (χ3n) is 5.78. The van der Waals surface area contributed by atoms with Crippen molar-refractivity contribution in [2.45, 2.75) is 6.42 Å². The van der Waals surface area contributed by atoms with E-state index in [9.17, 15) is 0 Å². The van der Waals surface area contributed by atoms with Crippen molar-refractivity contribution in [3.05, 3.63) is 156 Å². The first kappa shape index (κ1) is 23.0. The van der Waals surface area contributed by atoms with Gasteiger partial charge in [-0.2, -0.15) is 0 Å². The second-order valence-electron chi connectivity index (χ2n) is 8.55. The van der Waals surface area contributed by atoms with Crippen LogP contribution in [0.3, 0.4) is 0 Å². The molecule has 0 heterocycles. The van der Waals surface area contributed by atoms with Crippen LogP contribution in [-0.2, 0) is 6.42 Å². The lowest BCUT2D eigenvalue weighted by Crippen LogP contribution is -1.88. The number of benzene rings is 5. The minimum Gasteiger partial charge on any atom is -0.356 e. The Hall–Kier alpha value is -4.76. The zero-order valence-electron chi connectivity index (χ0n) is 20.0. The lowest BCUT2D eigenvalue weighted by Gasteiger charge is -2.06. The van der Waals surface area contributed by atoms with Gasteiger partial charge in [-0.05, 0) is 77.2 Å². The maximum Gasteiger partial charge on any atom is 0.0631 e. The highest BCUT2D eigenvalue weighted by atomic mass is 14.9. The Kier molecular flexibility index (Phi) is 7.40. The number of para-hydroxylation sites is 1. The summed E-state index contributed by atoms with van der Waals surface area (Å²) in [7, 11) is 0. The molecule has 1 N–H and O–H groups in total. The zero-order chi connectivity index (χ0) is 24.4. The van der Waals surface area contributed by atoms with E-state index < -0.39 is 0 Å². The van der Waals surface area contributed by atoms with Crippen molar-refractivity contribution in [1.82, 2.24) is 0 Å². The van der Waals surface area contributed by atoms with Gasteiger partial charge in [-0.15, -0.1) is 0 Å². The number of anilines is 2. The second-order valence-corrected chi connectivity index (χ2v) is 8.55. The fourth-order valence-electron chi connectivity index (χ4n) is 3.82. The highest BCUT2D eigenvalue weighted by Gasteiger charge is 1.97. The fourth-order valence-corrected chi connectivity index (χ4v) is 3.82. The Morgan fingerprint density at radius 2 is 0.889 bits per heavy atom. The first-order valence-corrected chi connectivity index (χ1v) is 12.0. The summed E-state index contributed by atoms with van der Waals surface area (Å²) in [6.45, 7) is 0. The van der Waals surface area contributed by atoms with E-state index in [0.29, 0.717) is 0 Å². The second kappa shape index (κ2) is 11.6. The molecule has 174 valence electrons. The fraction of sp³-hybridized carbons (Fsp3) is 0.0303. The number of aliphatic imine (C=N–C) groups is 2. The minimum atomic E-state index is 0.912. The number of nitrogens with one attached hydrogen (secondary N) is 1. The molecule has 5 rings (SSSR count). The highest BCUT2D eigenvalue weighted by Crippen LogP contribution is 2.20. The zero-order valence-corrected chi connectivity index (χ0v) is 20.0. The molecule has 0 saturated heterocycles. The van der Waals surface area contributed by atoms with E-state index >= 15 is 0 Å². The quantitative estimate of drug-likeness (QED) is 0.229. The Bertz CT molecular complexity index is 1310. The molecule has 0 fully saturated rings. The topological polar surface area (TPSA) is 36.8 Å². The van der Waals surface area contributed by atoms with Crippen molar-refractivity contribution in [1.29, 1.82) is 0 Å². The lowest BCUT2D eigenvalue weighted by molar-refractivity contribution is 1.19. The molecule has 0 aliphatic heterocycles. The summed E-state index contributed by atoms with van der Waals surface area (Å²) in [6, 6.07) is 45.4. The van der Waals surface area contributed by atoms with Gasteiger partial charge in [0.2, 0.25) is 0 Å². The number of hydrogen-bond donors (Lipinski definition) is 1. The van der Waals surface area contributed by atoms with E-state index in [1.807, 2.05) is 73.1 Å². The number of hydrogen-bond acceptors (Lipinski definition) is 3. The summed E-state index contributed by atoms with van der Waals surface area (Å²) < 4.78 is 0. The molecular weight excluding hydrogens is 438 g/mol. The van der Waals surface area contributed by atoms with Gasteiger partial charge in [-0.25, -0.2) is 0 Å². The number of rotatable bonds is 8. The molecule has 0 aliphatic rings. The minimum absolute atomic E-state index is 0.912. The standard InChI is InChI=1S/C33H27N3/c1-3-7-26(8-4-1)23-27-15-17-30(18-16-27)34-24-28-11-13-29(14-12-28)25-35-31-19-21-33(22-20-31)36-32-9-5-2-6-10-32/h1-22,24-25,36H,23H2. The van der Waals surface area contributed by atoms with E-state index in [1.54, 1.807) is 0 Å². The van der Waals surface area contributed by atoms with Crippen LogP contribution in [0.25, 0.3) is 0 Å². The molecule has 0 amide bonds. The van der Waals surface area contributed by atoms with Crippen LogP contribution >= 0.6 is 0 Å². The Labute approximate surface area is 212 Å². The van der Waals surface area contributed by atoms with Crippen molar-refractivity contribution < 1.29 is 0 Å². The molecule has 0 spiro atoms.